The van der Waals surface area contributed by atoms with Gasteiger partial charge in [0.1, 0.15) is 0 Å². The fourth-order valence-corrected chi connectivity index (χ4v) is 4.19. The Morgan fingerprint density at radius 2 is 1.86 bits per heavy atom. The van der Waals surface area contributed by atoms with Crippen molar-refractivity contribution in [2.45, 2.75) is 70.7 Å². The zero-order chi connectivity index (χ0) is 21.0. The molecule has 3 rings (SSSR count). The van der Waals surface area contributed by atoms with E-state index in [9.17, 15) is 9.90 Å². The molecule has 1 aromatic heterocycles. The number of carbonyl (C=O) groups is 1. The lowest BCUT2D eigenvalue weighted by Gasteiger charge is -2.32. The quantitative estimate of drug-likeness (QED) is 0.629. The summed E-state index contributed by atoms with van der Waals surface area (Å²) in [5.41, 5.74) is 2.54. The van der Waals surface area contributed by atoms with Crippen molar-refractivity contribution >= 4 is 17.6 Å². The van der Waals surface area contributed by atoms with Crippen molar-refractivity contribution in [3.8, 4) is 0 Å². The second-order valence-electron chi connectivity index (χ2n) is 7.99. The largest absolute Gasteiger partial charge is 0.462 e. The first-order chi connectivity index (χ1) is 13.9. The first-order valence-corrected chi connectivity index (χ1v) is 10.9. The molecule has 29 heavy (non-hydrogen) atoms. The third-order valence-electron chi connectivity index (χ3n) is 5.58. The van der Waals surface area contributed by atoms with E-state index in [0.29, 0.717) is 17.2 Å². The number of hydrogen-bond donors (Lipinski definition) is 2. The third-order valence-corrected chi connectivity index (χ3v) is 5.84. The summed E-state index contributed by atoms with van der Waals surface area (Å²) in [4.78, 5) is 12.7. The molecule has 1 atom stereocenters. The van der Waals surface area contributed by atoms with Gasteiger partial charge in [-0.2, -0.15) is 0 Å². The first-order valence-electron chi connectivity index (χ1n) is 10.5. The van der Waals surface area contributed by atoms with Crippen LogP contribution >= 0.6 is 11.6 Å². The lowest BCUT2D eigenvalue weighted by molar-refractivity contribution is 0.0524. The highest BCUT2D eigenvalue weighted by Gasteiger charge is 2.30. The third kappa shape index (κ3) is 5.21. The van der Waals surface area contributed by atoms with Gasteiger partial charge in [0.05, 0.1) is 30.0 Å². The van der Waals surface area contributed by atoms with Crippen molar-refractivity contribution < 1.29 is 14.6 Å². The molecule has 5 nitrogen and oxygen atoms in total. The standard InChI is InChI=1S/C23H31ClN2O3/c1-4-29-23(28)20-13-14-26(15(2)3)22(20)21(16-5-7-17(24)8-6-16)25-18-9-11-19(27)12-10-18/h5-8,13-15,18-19,21,25,27H,4,9-12H2,1-3H3/t18-,19-,21?. The van der Waals surface area contributed by atoms with Crippen LogP contribution in [0.1, 0.15) is 80.2 Å². The maximum absolute atomic E-state index is 12.7. The maximum Gasteiger partial charge on any atom is 0.340 e. The van der Waals surface area contributed by atoms with Gasteiger partial charge in [0.2, 0.25) is 0 Å². The second kappa shape index (κ2) is 9.79. The van der Waals surface area contributed by atoms with E-state index in [2.05, 4.69) is 23.7 Å². The first kappa shape index (κ1) is 21.9. The number of rotatable bonds is 7. The average molecular weight is 419 g/mol. The predicted octanol–water partition coefficient (Wildman–Crippen LogP) is 4.88. The predicted molar refractivity (Wildman–Crippen MR) is 115 cm³/mol. The summed E-state index contributed by atoms with van der Waals surface area (Å²) in [5.74, 6) is -0.304. The molecule has 0 bridgehead atoms. The van der Waals surface area contributed by atoms with Crippen LogP contribution in [0.4, 0.5) is 0 Å². The smallest absolute Gasteiger partial charge is 0.340 e. The lowest BCUT2D eigenvalue weighted by Crippen LogP contribution is -2.39. The normalized spacial score (nSPS) is 20.6. The highest BCUT2D eigenvalue weighted by atomic mass is 35.5. The van der Waals surface area contributed by atoms with Gasteiger partial charge in [0.25, 0.3) is 0 Å². The van der Waals surface area contributed by atoms with E-state index in [1.165, 1.54) is 0 Å². The van der Waals surface area contributed by atoms with Crippen molar-refractivity contribution in [1.82, 2.24) is 9.88 Å². The fraction of sp³-hybridized carbons (Fsp3) is 0.522. The van der Waals surface area contributed by atoms with Gasteiger partial charge in [-0.05, 0) is 70.2 Å². The molecule has 0 amide bonds. The average Bonchev–Trinajstić information content (AvgIpc) is 3.14. The number of aromatic nitrogens is 1. The molecule has 158 valence electrons. The van der Waals surface area contributed by atoms with Crippen LogP contribution in [-0.4, -0.2) is 34.4 Å². The number of ether oxygens (including phenoxy) is 1. The highest BCUT2D eigenvalue weighted by Crippen LogP contribution is 2.32. The van der Waals surface area contributed by atoms with Gasteiger partial charge in [-0.1, -0.05) is 23.7 Å². The number of esters is 1. The zero-order valence-corrected chi connectivity index (χ0v) is 18.2. The van der Waals surface area contributed by atoms with Crippen LogP contribution in [0.5, 0.6) is 0 Å². The Bertz CT molecular complexity index is 808. The van der Waals surface area contributed by atoms with E-state index >= 15 is 0 Å². The molecule has 0 saturated heterocycles. The van der Waals surface area contributed by atoms with Crippen LogP contribution in [-0.2, 0) is 4.74 Å². The molecule has 6 heteroatoms. The van der Waals surface area contributed by atoms with Gasteiger partial charge < -0.3 is 19.7 Å². The summed E-state index contributed by atoms with van der Waals surface area (Å²) in [7, 11) is 0. The van der Waals surface area contributed by atoms with Gasteiger partial charge in [-0.15, -0.1) is 0 Å². The number of carbonyl (C=O) groups excluding carboxylic acids is 1. The highest BCUT2D eigenvalue weighted by molar-refractivity contribution is 6.30. The van der Waals surface area contributed by atoms with Crippen molar-refractivity contribution in [3.63, 3.8) is 0 Å². The summed E-state index contributed by atoms with van der Waals surface area (Å²) >= 11 is 6.13. The molecular formula is C23H31ClN2O3. The summed E-state index contributed by atoms with van der Waals surface area (Å²) in [6.07, 6.45) is 5.14. The molecule has 1 unspecified atom stereocenters. The minimum atomic E-state index is -0.304. The Balaban J connectivity index is 2.04. The monoisotopic (exact) mass is 418 g/mol. The van der Waals surface area contributed by atoms with Crippen LogP contribution in [0.25, 0.3) is 0 Å². The molecule has 2 N–H and O–H groups in total. The number of nitrogens with zero attached hydrogens (tertiary/aromatic N) is 1. The van der Waals surface area contributed by atoms with Crippen molar-refractivity contribution in [2.24, 2.45) is 0 Å². The van der Waals surface area contributed by atoms with Crippen LogP contribution in [0.15, 0.2) is 36.5 Å². The minimum absolute atomic E-state index is 0.177. The number of aliphatic hydroxyl groups is 1. The van der Waals surface area contributed by atoms with Crippen LogP contribution in [0.3, 0.4) is 0 Å². The van der Waals surface area contributed by atoms with Gasteiger partial charge in [0.15, 0.2) is 0 Å². The van der Waals surface area contributed by atoms with Crippen molar-refractivity contribution in [1.29, 1.82) is 0 Å². The van der Waals surface area contributed by atoms with E-state index < -0.39 is 0 Å². The van der Waals surface area contributed by atoms with Gasteiger partial charge in [0, 0.05) is 23.3 Å². The second-order valence-corrected chi connectivity index (χ2v) is 8.43. The SMILES string of the molecule is CCOC(=O)c1ccn(C(C)C)c1C(N[C@H]1CC[C@H](O)CC1)c1ccc(Cl)cc1. The Hall–Kier alpha value is -1.82. The van der Waals surface area contributed by atoms with E-state index in [1.54, 1.807) is 0 Å². The molecule has 1 aromatic carbocycles. The molecule has 1 fully saturated rings. The van der Waals surface area contributed by atoms with Gasteiger partial charge in [-0.25, -0.2) is 4.79 Å². The lowest BCUT2D eigenvalue weighted by atomic mass is 9.91. The number of aliphatic hydroxyl groups excluding tert-OH is 1. The Kier molecular flexibility index (Phi) is 7.38. The van der Waals surface area contributed by atoms with E-state index in [1.807, 2.05) is 43.5 Å². The zero-order valence-electron chi connectivity index (χ0n) is 17.4. The summed E-state index contributed by atoms with van der Waals surface area (Å²) < 4.78 is 7.47. The molecule has 0 spiro atoms. The van der Waals surface area contributed by atoms with Crippen molar-refractivity contribution in [2.75, 3.05) is 6.61 Å². The summed E-state index contributed by atoms with van der Waals surface area (Å²) in [6.45, 7) is 6.37. The molecule has 1 saturated carbocycles. The molecular weight excluding hydrogens is 388 g/mol. The van der Waals surface area contributed by atoms with Gasteiger partial charge in [-0.3, -0.25) is 0 Å². The summed E-state index contributed by atoms with van der Waals surface area (Å²) in [6, 6.07) is 9.90. The molecule has 1 aliphatic rings. The number of benzene rings is 1. The molecule has 0 radical (unpaired) electrons. The molecule has 0 aliphatic heterocycles. The van der Waals surface area contributed by atoms with E-state index in [4.69, 9.17) is 16.3 Å². The maximum atomic E-state index is 12.7. The Morgan fingerprint density at radius 1 is 1.21 bits per heavy atom. The Morgan fingerprint density at radius 3 is 2.45 bits per heavy atom. The van der Waals surface area contributed by atoms with Crippen LogP contribution in [0.2, 0.25) is 5.02 Å². The van der Waals surface area contributed by atoms with E-state index in [0.717, 1.165) is 36.9 Å². The number of halogens is 1. The Labute approximate surface area is 178 Å². The molecule has 2 aromatic rings. The number of nitrogens with one attached hydrogen (secondary N) is 1. The fourth-order valence-electron chi connectivity index (χ4n) is 4.06. The van der Waals surface area contributed by atoms with Crippen LogP contribution in [0, 0.1) is 0 Å². The summed E-state index contributed by atoms with van der Waals surface area (Å²) in [5, 5.41) is 14.3. The topological polar surface area (TPSA) is 63.5 Å². The number of hydrogen-bond acceptors (Lipinski definition) is 4. The van der Waals surface area contributed by atoms with Crippen LogP contribution < -0.4 is 5.32 Å². The van der Waals surface area contributed by atoms with E-state index in [-0.39, 0.29) is 30.2 Å². The van der Waals surface area contributed by atoms with Gasteiger partial charge >= 0.3 is 5.97 Å². The molecule has 1 heterocycles. The van der Waals surface area contributed by atoms with Crippen molar-refractivity contribution in [3.05, 3.63) is 58.4 Å². The minimum Gasteiger partial charge on any atom is -0.462 e. The molecule has 1 aliphatic carbocycles.